The minimum absolute atomic E-state index is 0.430. The molecule has 1 heterocycles. The molecule has 0 saturated carbocycles. The first-order chi connectivity index (χ1) is 8.08. The lowest BCUT2D eigenvalue weighted by Crippen LogP contribution is -2.00. The highest BCUT2D eigenvalue weighted by molar-refractivity contribution is 9.10. The number of aromatic nitrogens is 2. The molecule has 17 heavy (non-hydrogen) atoms. The first-order valence-electron chi connectivity index (χ1n) is 5.00. The minimum Gasteiger partial charge on any atom is -0.237 e. The molecule has 0 aliphatic heterocycles. The van der Waals surface area contributed by atoms with E-state index < -0.39 is 0 Å². The van der Waals surface area contributed by atoms with Crippen LogP contribution in [-0.2, 0) is 6.42 Å². The molecule has 2 aromatic rings. The first-order valence-corrected chi connectivity index (χ1v) is 6.54. The summed E-state index contributed by atoms with van der Waals surface area (Å²) in [5, 5.41) is 1.15. The summed E-state index contributed by atoms with van der Waals surface area (Å²) in [4.78, 5) is 8.59. The fourth-order valence-corrected chi connectivity index (χ4v) is 2.08. The van der Waals surface area contributed by atoms with Gasteiger partial charge in [-0.1, -0.05) is 41.4 Å². The van der Waals surface area contributed by atoms with Crippen LogP contribution < -0.4 is 0 Å². The van der Waals surface area contributed by atoms with Crippen molar-refractivity contribution in [3.8, 4) is 0 Å². The van der Waals surface area contributed by atoms with Gasteiger partial charge in [-0.05, 0) is 34.5 Å². The zero-order valence-corrected chi connectivity index (χ0v) is 12.1. The fraction of sp³-hybridized carbons (Fsp3) is 0.167. The van der Waals surface area contributed by atoms with Crippen LogP contribution in [0.15, 0.2) is 28.7 Å². The van der Waals surface area contributed by atoms with Crippen molar-refractivity contribution in [2.24, 2.45) is 0 Å². The lowest BCUT2D eigenvalue weighted by Gasteiger charge is -2.06. The highest BCUT2D eigenvalue weighted by Crippen LogP contribution is 2.24. The molecule has 0 amide bonds. The Bertz CT molecular complexity index is 535. The molecule has 0 spiro atoms. The molecule has 0 radical (unpaired) electrons. The summed E-state index contributed by atoms with van der Waals surface area (Å²) in [7, 11) is 0. The quantitative estimate of drug-likeness (QED) is 0.760. The molecule has 0 aliphatic carbocycles. The maximum Gasteiger partial charge on any atom is 0.147 e. The molecule has 2 rings (SSSR count). The van der Waals surface area contributed by atoms with Crippen LogP contribution in [0.5, 0.6) is 0 Å². The van der Waals surface area contributed by atoms with Crippen LogP contribution in [0.4, 0.5) is 0 Å². The molecule has 1 aromatic carbocycles. The van der Waals surface area contributed by atoms with E-state index in [1.165, 1.54) is 0 Å². The van der Waals surface area contributed by atoms with Gasteiger partial charge in [0.1, 0.15) is 11.0 Å². The first kappa shape index (κ1) is 12.8. The molecule has 5 heteroatoms. The molecule has 0 unspecified atom stereocenters. The van der Waals surface area contributed by atoms with Crippen LogP contribution >= 0.6 is 39.1 Å². The third-order valence-electron chi connectivity index (χ3n) is 2.33. The van der Waals surface area contributed by atoms with Gasteiger partial charge < -0.3 is 0 Å². The summed E-state index contributed by atoms with van der Waals surface area (Å²) < 4.78 is 0.738. The molecule has 0 N–H and O–H groups in total. The number of rotatable bonds is 2. The molecule has 0 fully saturated rings. The van der Waals surface area contributed by atoms with E-state index in [0.29, 0.717) is 22.4 Å². The van der Waals surface area contributed by atoms with Crippen molar-refractivity contribution in [3.05, 3.63) is 56.0 Å². The number of hydrogen-bond acceptors (Lipinski definition) is 2. The molecular formula is C12H9BrCl2N2. The van der Waals surface area contributed by atoms with Gasteiger partial charge in [0.25, 0.3) is 0 Å². The van der Waals surface area contributed by atoms with Crippen molar-refractivity contribution < 1.29 is 0 Å². The Kier molecular flexibility index (Phi) is 4.02. The Morgan fingerprint density at radius 3 is 2.53 bits per heavy atom. The van der Waals surface area contributed by atoms with Crippen molar-refractivity contribution in [1.82, 2.24) is 9.97 Å². The zero-order chi connectivity index (χ0) is 12.4. The normalized spacial score (nSPS) is 10.6. The smallest absolute Gasteiger partial charge is 0.147 e. The van der Waals surface area contributed by atoms with Gasteiger partial charge in [-0.3, -0.25) is 0 Å². The number of benzene rings is 1. The Morgan fingerprint density at radius 2 is 1.88 bits per heavy atom. The number of aryl methyl sites for hydroxylation is 1. The standard InChI is InChI=1S/C12H9BrCl2N2/c1-7-11(13)12(15)17-10(16-7)6-8-4-2-3-5-9(8)14/h2-5H,6H2,1H3. The maximum atomic E-state index is 6.09. The van der Waals surface area contributed by atoms with Crippen molar-refractivity contribution in [1.29, 1.82) is 0 Å². The third kappa shape index (κ3) is 2.97. The van der Waals surface area contributed by atoms with E-state index in [-0.39, 0.29) is 0 Å². The monoisotopic (exact) mass is 330 g/mol. The highest BCUT2D eigenvalue weighted by atomic mass is 79.9. The van der Waals surface area contributed by atoms with Crippen LogP contribution in [0.1, 0.15) is 17.1 Å². The summed E-state index contributed by atoms with van der Waals surface area (Å²) in [5.74, 6) is 0.670. The molecule has 1 aromatic heterocycles. The van der Waals surface area contributed by atoms with Gasteiger partial charge >= 0.3 is 0 Å². The van der Waals surface area contributed by atoms with Crippen LogP contribution in [0.25, 0.3) is 0 Å². The van der Waals surface area contributed by atoms with Gasteiger partial charge in [0.15, 0.2) is 0 Å². The lowest BCUT2D eigenvalue weighted by atomic mass is 10.1. The molecule has 2 nitrogen and oxygen atoms in total. The Hall–Kier alpha value is -0.640. The van der Waals surface area contributed by atoms with E-state index in [9.17, 15) is 0 Å². The lowest BCUT2D eigenvalue weighted by molar-refractivity contribution is 0.934. The van der Waals surface area contributed by atoms with Crippen LogP contribution in [-0.4, -0.2) is 9.97 Å². The second-order valence-corrected chi connectivity index (χ2v) is 5.16. The van der Waals surface area contributed by atoms with Crippen molar-refractivity contribution in [2.75, 3.05) is 0 Å². The summed E-state index contributed by atoms with van der Waals surface area (Å²) in [6, 6.07) is 7.64. The summed E-state index contributed by atoms with van der Waals surface area (Å²) in [6.45, 7) is 1.88. The van der Waals surface area contributed by atoms with E-state index in [0.717, 1.165) is 15.7 Å². The van der Waals surface area contributed by atoms with Crippen LogP contribution in [0.3, 0.4) is 0 Å². The van der Waals surface area contributed by atoms with Crippen molar-refractivity contribution in [2.45, 2.75) is 13.3 Å². The summed E-state index contributed by atoms with van der Waals surface area (Å²) in [5.41, 5.74) is 1.82. The topological polar surface area (TPSA) is 25.8 Å². The molecule has 0 saturated heterocycles. The average molecular weight is 332 g/mol. The molecule has 0 bridgehead atoms. The molecule has 0 atom stereocenters. The third-order valence-corrected chi connectivity index (χ3v) is 4.15. The van der Waals surface area contributed by atoms with Gasteiger partial charge in [0.2, 0.25) is 0 Å². The van der Waals surface area contributed by atoms with Gasteiger partial charge in [-0.25, -0.2) is 9.97 Å². The number of halogens is 3. The van der Waals surface area contributed by atoms with E-state index in [4.69, 9.17) is 23.2 Å². The predicted molar refractivity (Wildman–Crippen MR) is 73.7 cm³/mol. The van der Waals surface area contributed by atoms with E-state index in [2.05, 4.69) is 25.9 Å². The van der Waals surface area contributed by atoms with Gasteiger partial charge in [0.05, 0.1) is 10.2 Å². The van der Waals surface area contributed by atoms with Crippen molar-refractivity contribution >= 4 is 39.1 Å². The second kappa shape index (κ2) is 5.34. The highest BCUT2D eigenvalue weighted by Gasteiger charge is 2.09. The molecular weight excluding hydrogens is 323 g/mol. The molecule has 0 aliphatic rings. The van der Waals surface area contributed by atoms with Gasteiger partial charge in [-0.15, -0.1) is 0 Å². The summed E-state index contributed by atoms with van der Waals surface area (Å²) in [6.07, 6.45) is 0.577. The maximum absolute atomic E-state index is 6.09. The molecule has 88 valence electrons. The Morgan fingerprint density at radius 1 is 1.18 bits per heavy atom. The average Bonchev–Trinajstić information content (AvgIpc) is 2.29. The van der Waals surface area contributed by atoms with Gasteiger partial charge in [-0.2, -0.15) is 0 Å². The van der Waals surface area contributed by atoms with Crippen LogP contribution in [0.2, 0.25) is 10.2 Å². The van der Waals surface area contributed by atoms with Crippen molar-refractivity contribution in [3.63, 3.8) is 0 Å². The number of hydrogen-bond donors (Lipinski definition) is 0. The fourth-order valence-electron chi connectivity index (χ4n) is 1.47. The van der Waals surface area contributed by atoms with Gasteiger partial charge in [0, 0.05) is 11.4 Å². The van der Waals surface area contributed by atoms with Crippen LogP contribution in [0, 0.1) is 6.92 Å². The Balaban J connectivity index is 2.34. The summed E-state index contributed by atoms with van der Waals surface area (Å²) >= 11 is 15.4. The van der Waals surface area contributed by atoms with E-state index >= 15 is 0 Å². The minimum atomic E-state index is 0.430. The second-order valence-electron chi connectivity index (χ2n) is 3.60. The van der Waals surface area contributed by atoms with E-state index in [1.807, 2.05) is 31.2 Å². The SMILES string of the molecule is Cc1nc(Cc2ccccc2Cl)nc(Cl)c1Br. The largest absolute Gasteiger partial charge is 0.237 e. The zero-order valence-electron chi connectivity index (χ0n) is 9.04. The van der Waals surface area contributed by atoms with E-state index in [1.54, 1.807) is 0 Å². The predicted octanol–water partition coefficient (Wildman–Crippen LogP) is 4.45. The Labute approximate surface area is 118 Å². The number of nitrogens with zero attached hydrogens (tertiary/aromatic N) is 2.